The Hall–Kier alpha value is -1.78. The van der Waals surface area contributed by atoms with Gasteiger partial charge in [-0.3, -0.25) is 9.59 Å². The summed E-state index contributed by atoms with van der Waals surface area (Å²) in [7, 11) is 1.19. The number of hydrogen-bond acceptors (Lipinski definition) is 5. The minimum absolute atomic E-state index is 0.282. The van der Waals surface area contributed by atoms with Gasteiger partial charge in [-0.1, -0.05) is 0 Å². The largest absolute Gasteiger partial charge is 0.501 e. The van der Waals surface area contributed by atoms with Gasteiger partial charge in [0.05, 0.1) is 7.11 Å². The molecule has 5 nitrogen and oxygen atoms in total. The van der Waals surface area contributed by atoms with E-state index in [2.05, 4.69) is 4.74 Å². The van der Waals surface area contributed by atoms with Crippen molar-refractivity contribution in [2.75, 3.05) is 7.11 Å². The summed E-state index contributed by atoms with van der Waals surface area (Å²) in [5, 5.41) is 17.6. The number of Topliss-reactive ketones (excluding diaryl/α,β-unsaturated/α-hetero) is 1. The average molecular weight is 170 g/mol. The SMILES string of the molecule is COC1=CC(=O)C(O)=C(O)C1=O. The maximum Gasteiger partial charge on any atom is 0.265 e. The number of rotatable bonds is 1. The molecule has 64 valence electrons. The quantitative estimate of drug-likeness (QED) is 0.541. The molecule has 5 heteroatoms. The van der Waals surface area contributed by atoms with Crippen molar-refractivity contribution in [1.82, 2.24) is 0 Å². The molecule has 0 saturated heterocycles. The first-order chi connectivity index (χ1) is 5.57. The topological polar surface area (TPSA) is 83.8 Å². The molecule has 0 radical (unpaired) electrons. The standard InChI is InChI=1S/C7H6O5/c1-12-4-2-3(8)5(9)7(11)6(4)10/h2,9,11H,1H3. The van der Waals surface area contributed by atoms with Crippen molar-refractivity contribution >= 4 is 11.6 Å². The van der Waals surface area contributed by atoms with E-state index in [1.165, 1.54) is 7.11 Å². The third-order valence-corrected chi connectivity index (χ3v) is 1.38. The first-order valence-corrected chi connectivity index (χ1v) is 3.05. The van der Waals surface area contributed by atoms with Gasteiger partial charge in [-0.05, 0) is 0 Å². The lowest BCUT2D eigenvalue weighted by molar-refractivity contribution is -0.121. The number of methoxy groups -OCH3 is 1. The number of aliphatic hydroxyl groups is 2. The molecule has 0 aromatic rings. The Balaban J connectivity index is 3.13. The van der Waals surface area contributed by atoms with Crippen LogP contribution in [0, 0.1) is 0 Å². The van der Waals surface area contributed by atoms with E-state index in [0.29, 0.717) is 0 Å². The number of allylic oxidation sites excluding steroid dienone is 1. The monoisotopic (exact) mass is 170 g/mol. The molecular weight excluding hydrogens is 164 g/mol. The number of carbonyl (C=O) groups is 2. The molecule has 0 heterocycles. The number of ether oxygens (including phenoxy) is 1. The molecule has 0 saturated carbocycles. The summed E-state index contributed by atoms with van der Waals surface area (Å²) in [5.41, 5.74) is 0. The van der Waals surface area contributed by atoms with Gasteiger partial charge in [0, 0.05) is 6.08 Å². The second-order valence-electron chi connectivity index (χ2n) is 2.10. The smallest absolute Gasteiger partial charge is 0.265 e. The lowest BCUT2D eigenvalue weighted by Crippen LogP contribution is -2.19. The molecule has 0 aliphatic heterocycles. The lowest BCUT2D eigenvalue weighted by atomic mass is 10.1. The second kappa shape index (κ2) is 2.69. The highest BCUT2D eigenvalue weighted by Gasteiger charge is 2.28. The zero-order valence-corrected chi connectivity index (χ0v) is 6.20. The van der Waals surface area contributed by atoms with Crippen LogP contribution in [0.25, 0.3) is 0 Å². The third-order valence-electron chi connectivity index (χ3n) is 1.38. The Bertz CT molecular complexity index is 310. The van der Waals surface area contributed by atoms with Crippen LogP contribution in [0.15, 0.2) is 23.4 Å². The highest BCUT2D eigenvalue weighted by atomic mass is 16.5. The molecule has 0 spiro atoms. The summed E-state index contributed by atoms with van der Waals surface area (Å²) in [6, 6.07) is 0. The van der Waals surface area contributed by atoms with E-state index in [1.807, 2.05) is 0 Å². The van der Waals surface area contributed by atoms with E-state index in [4.69, 9.17) is 10.2 Å². The second-order valence-corrected chi connectivity index (χ2v) is 2.10. The van der Waals surface area contributed by atoms with Gasteiger partial charge >= 0.3 is 0 Å². The van der Waals surface area contributed by atoms with Gasteiger partial charge < -0.3 is 14.9 Å². The first-order valence-electron chi connectivity index (χ1n) is 3.05. The van der Waals surface area contributed by atoms with Crippen molar-refractivity contribution in [1.29, 1.82) is 0 Å². The van der Waals surface area contributed by atoms with Crippen LogP contribution in [0.2, 0.25) is 0 Å². The fraction of sp³-hybridized carbons (Fsp3) is 0.143. The maximum atomic E-state index is 10.9. The van der Waals surface area contributed by atoms with Gasteiger partial charge in [-0.25, -0.2) is 0 Å². The molecule has 0 atom stereocenters. The molecular formula is C7H6O5. The van der Waals surface area contributed by atoms with Gasteiger partial charge in [0.25, 0.3) is 5.78 Å². The fourth-order valence-corrected chi connectivity index (χ4v) is 0.746. The summed E-state index contributed by atoms with van der Waals surface area (Å²) < 4.78 is 4.48. The zero-order chi connectivity index (χ0) is 9.30. The van der Waals surface area contributed by atoms with E-state index in [0.717, 1.165) is 6.08 Å². The number of ketones is 2. The van der Waals surface area contributed by atoms with E-state index in [9.17, 15) is 9.59 Å². The Morgan fingerprint density at radius 1 is 1.25 bits per heavy atom. The third kappa shape index (κ3) is 1.05. The van der Waals surface area contributed by atoms with E-state index >= 15 is 0 Å². The van der Waals surface area contributed by atoms with E-state index in [-0.39, 0.29) is 5.76 Å². The van der Waals surface area contributed by atoms with Crippen LogP contribution in [0.4, 0.5) is 0 Å². The van der Waals surface area contributed by atoms with Crippen LogP contribution >= 0.6 is 0 Å². The molecule has 1 aliphatic carbocycles. The Morgan fingerprint density at radius 3 is 2.33 bits per heavy atom. The molecule has 0 bridgehead atoms. The van der Waals surface area contributed by atoms with Crippen molar-refractivity contribution in [2.24, 2.45) is 0 Å². The van der Waals surface area contributed by atoms with Gasteiger partial charge in [-0.2, -0.15) is 0 Å². The normalized spacial score (nSPS) is 17.9. The highest BCUT2D eigenvalue weighted by molar-refractivity contribution is 6.19. The van der Waals surface area contributed by atoms with Crippen LogP contribution in [0.1, 0.15) is 0 Å². The number of carbonyl (C=O) groups excluding carboxylic acids is 2. The fourth-order valence-electron chi connectivity index (χ4n) is 0.746. The summed E-state index contributed by atoms with van der Waals surface area (Å²) in [5.74, 6) is -3.94. The predicted molar refractivity (Wildman–Crippen MR) is 37.4 cm³/mol. The molecule has 12 heavy (non-hydrogen) atoms. The molecule has 0 fully saturated rings. The van der Waals surface area contributed by atoms with Gasteiger partial charge in [-0.15, -0.1) is 0 Å². The minimum Gasteiger partial charge on any atom is -0.501 e. The van der Waals surface area contributed by atoms with Crippen LogP contribution in [-0.4, -0.2) is 28.9 Å². The molecule has 0 aromatic carbocycles. The summed E-state index contributed by atoms with van der Waals surface area (Å²) in [6.07, 6.45) is 0.817. The van der Waals surface area contributed by atoms with E-state index < -0.39 is 23.1 Å². The Kier molecular flexibility index (Phi) is 1.86. The van der Waals surface area contributed by atoms with Crippen molar-refractivity contribution in [2.45, 2.75) is 0 Å². The number of aliphatic hydroxyl groups excluding tert-OH is 2. The predicted octanol–water partition coefficient (Wildman–Crippen LogP) is -0.00390. The number of hydrogen-bond donors (Lipinski definition) is 2. The van der Waals surface area contributed by atoms with Crippen molar-refractivity contribution in [3.63, 3.8) is 0 Å². The molecule has 0 aromatic heterocycles. The first kappa shape index (κ1) is 8.32. The molecule has 0 unspecified atom stereocenters. The summed E-state index contributed by atoms with van der Waals surface area (Å²) >= 11 is 0. The van der Waals surface area contributed by atoms with Crippen molar-refractivity contribution < 1.29 is 24.5 Å². The van der Waals surface area contributed by atoms with Crippen molar-refractivity contribution in [3.05, 3.63) is 23.4 Å². The summed E-state index contributed by atoms with van der Waals surface area (Å²) in [6.45, 7) is 0. The van der Waals surface area contributed by atoms with Crippen LogP contribution in [0.5, 0.6) is 0 Å². The maximum absolute atomic E-state index is 10.9. The molecule has 1 aliphatic rings. The molecule has 0 amide bonds. The van der Waals surface area contributed by atoms with Crippen LogP contribution in [-0.2, 0) is 14.3 Å². The average Bonchev–Trinajstić information content (AvgIpc) is 2.08. The zero-order valence-electron chi connectivity index (χ0n) is 6.20. The van der Waals surface area contributed by atoms with Crippen LogP contribution in [0.3, 0.4) is 0 Å². The minimum atomic E-state index is -0.973. The van der Waals surface area contributed by atoms with Gasteiger partial charge in [0.15, 0.2) is 5.76 Å². The van der Waals surface area contributed by atoms with Crippen LogP contribution < -0.4 is 0 Å². The van der Waals surface area contributed by atoms with Crippen molar-refractivity contribution in [3.8, 4) is 0 Å². The lowest BCUT2D eigenvalue weighted by Gasteiger charge is -2.09. The molecule has 2 N–H and O–H groups in total. The van der Waals surface area contributed by atoms with Gasteiger partial charge in [0.2, 0.25) is 17.3 Å². The van der Waals surface area contributed by atoms with Gasteiger partial charge in [0.1, 0.15) is 0 Å². The Morgan fingerprint density at radius 2 is 1.83 bits per heavy atom. The van der Waals surface area contributed by atoms with E-state index in [1.54, 1.807) is 0 Å². The molecule has 1 rings (SSSR count). The highest BCUT2D eigenvalue weighted by Crippen LogP contribution is 2.15. The summed E-state index contributed by atoms with van der Waals surface area (Å²) in [4.78, 5) is 21.6. The Labute approximate surface area is 67.6 Å².